The van der Waals surface area contributed by atoms with Gasteiger partial charge in [-0.05, 0) is 46.6 Å². The summed E-state index contributed by atoms with van der Waals surface area (Å²) < 4.78 is 13.6. The molecule has 100 valence electrons. The van der Waals surface area contributed by atoms with E-state index < -0.39 is 0 Å². The molecule has 0 aliphatic heterocycles. The number of hydrogen-bond donors (Lipinski definition) is 2. The molecule has 0 aliphatic carbocycles. The zero-order valence-electron chi connectivity index (χ0n) is 10.7. The zero-order valence-corrected chi connectivity index (χ0v) is 12.2. The van der Waals surface area contributed by atoms with Crippen molar-refractivity contribution in [3.63, 3.8) is 0 Å². The van der Waals surface area contributed by atoms with Gasteiger partial charge in [0, 0.05) is 12.2 Å². The molecule has 1 unspecified atom stereocenters. The monoisotopic (exact) mass is 322 g/mol. The van der Waals surface area contributed by atoms with Crippen molar-refractivity contribution in [2.75, 3.05) is 11.9 Å². The van der Waals surface area contributed by atoms with E-state index in [9.17, 15) is 4.39 Å². The van der Waals surface area contributed by atoms with Gasteiger partial charge in [-0.1, -0.05) is 29.8 Å². The summed E-state index contributed by atoms with van der Waals surface area (Å²) in [4.78, 5) is 0. The van der Waals surface area contributed by atoms with Crippen LogP contribution in [0, 0.1) is 12.7 Å². The van der Waals surface area contributed by atoms with Crippen LogP contribution in [0.1, 0.15) is 17.2 Å². The minimum absolute atomic E-state index is 0.0114. The van der Waals surface area contributed by atoms with E-state index in [-0.39, 0.29) is 11.9 Å². The molecule has 0 fully saturated rings. The highest BCUT2D eigenvalue weighted by Crippen LogP contribution is 2.24. The molecule has 0 heterocycles. The Hall–Kier alpha value is -1.39. The highest BCUT2D eigenvalue weighted by atomic mass is 79.9. The lowest BCUT2D eigenvalue weighted by Gasteiger charge is -2.19. The van der Waals surface area contributed by atoms with Crippen molar-refractivity contribution in [2.45, 2.75) is 13.0 Å². The number of rotatable bonds is 4. The van der Waals surface area contributed by atoms with E-state index in [0.29, 0.717) is 11.0 Å². The van der Waals surface area contributed by atoms with Crippen LogP contribution in [0.25, 0.3) is 0 Å². The van der Waals surface area contributed by atoms with Crippen LogP contribution in [-0.4, -0.2) is 6.54 Å². The number of nitrogens with two attached hydrogens (primary N) is 1. The van der Waals surface area contributed by atoms with Gasteiger partial charge in [-0.3, -0.25) is 0 Å². The zero-order chi connectivity index (χ0) is 13.8. The fourth-order valence-electron chi connectivity index (χ4n) is 1.95. The summed E-state index contributed by atoms with van der Waals surface area (Å²) in [6.07, 6.45) is 0. The molecule has 0 aliphatic rings. The van der Waals surface area contributed by atoms with E-state index in [2.05, 4.69) is 27.3 Å². The maximum absolute atomic E-state index is 13.2. The molecule has 0 saturated heterocycles. The van der Waals surface area contributed by atoms with Gasteiger partial charge < -0.3 is 11.1 Å². The van der Waals surface area contributed by atoms with Crippen molar-refractivity contribution in [3.8, 4) is 0 Å². The molecule has 2 aromatic carbocycles. The molecule has 2 nitrogen and oxygen atoms in total. The minimum Gasteiger partial charge on any atom is -0.377 e. The van der Waals surface area contributed by atoms with Gasteiger partial charge in [-0.2, -0.15) is 0 Å². The van der Waals surface area contributed by atoms with Crippen LogP contribution < -0.4 is 11.1 Å². The maximum atomic E-state index is 13.2. The average molecular weight is 323 g/mol. The van der Waals surface area contributed by atoms with Crippen LogP contribution >= 0.6 is 15.9 Å². The first kappa shape index (κ1) is 14.0. The molecular weight excluding hydrogens is 307 g/mol. The van der Waals surface area contributed by atoms with Gasteiger partial charge in [-0.15, -0.1) is 0 Å². The minimum atomic E-state index is -0.273. The van der Waals surface area contributed by atoms with E-state index in [1.54, 1.807) is 12.1 Å². The molecule has 4 heteroatoms. The van der Waals surface area contributed by atoms with Crippen molar-refractivity contribution < 1.29 is 4.39 Å². The lowest BCUT2D eigenvalue weighted by atomic mass is 10.0. The van der Waals surface area contributed by atoms with E-state index in [1.165, 1.54) is 11.6 Å². The van der Waals surface area contributed by atoms with Gasteiger partial charge >= 0.3 is 0 Å². The molecule has 19 heavy (non-hydrogen) atoms. The average Bonchev–Trinajstić information content (AvgIpc) is 2.40. The Kier molecular flexibility index (Phi) is 4.56. The lowest BCUT2D eigenvalue weighted by molar-refractivity contribution is 0.621. The van der Waals surface area contributed by atoms with Gasteiger partial charge in [0.15, 0.2) is 0 Å². The van der Waals surface area contributed by atoms with E-state index >= 15 is 0 Å². The highest BCUT2D eigenvalue weighted by molar-refractivity contribution is 9.10. The third-order valence-electron chi connectivity index (χ3n) is 2.94. The lowest BCUT2D eigenvalue weighted by Crippen LogP contribution is -2.20. The first-order valence-electron chi connectivity index (χ1n) is 6.08. The number of nitrogens with one attached hydrogen (secondary N) is 1. The predicted octanol–water partition coefficient (Wildman–Crippen LogP) is 4.01. The molecule has 0 amide bonds. The fraction of sp³-hybridized carbons (Fsp3) is 0.200. The SMILES string of the molecule is Cc1cccc(C(CN)Nc2ccc(F)c(Br)c2)c1. The number of aryl methyl sites for hydroxylation is 1. The summed E-state index contributed by atoms with van der Waals surface area (Å²) in [6.45, 7) is 2.52. The van der Waals surface area contributed by atoms with Crippen molar-refractivity contribution in [1.29, 1.82) is 0 Å². The van der Waals surface area contributed by atoms with Crippen molar-refractivity contribution in [3.05, 3.63) is 63.9 Å². The van der Waals surface area contributed by atoms with Gasteiger partial charge in [0.1, 0.15) is 5.82 Å². The molecule has 0 radical (unpaired) electrons. The second-order valence-electron chi connectivity index (χ2n) is 4.48. The molecule has 2 aromatic rings. The summed E-state index contributed by atoms with van der Waals surface area (Å²) in [7, 11) is 0. The number of halogens is 2. The fourth-order valence-corrected chi connectivity index (χ4v) is 2.33. The van der Waals surface area contributed by atoms with E-state index in [0.717, 1.165) is 11.3 Å². The predicted molar refractivity (Wildman–Crippen MR) is 80.7 cm³/mol. The van der Waals surface area contributed by atoms with Crippen LogP contribution in [0.3, 0.4) is 0 Å². The van der Waals surface area contributed by atoms with Crippen LogP contribution in [0.5, 0.6) is 0 Å². The molecule has 0 saturated carbocycles. The highest BCUT2D eigenvalue weighted by Gasteiger charge is 2.10. The Morgan fingerprint density at radius 2 is 2.05 bits per heavy atom. The Balaban J connectivity index is 2.21. The van der Waals surface area contributed by atoms with Crippen LogP contribution in [0.2, 0.25) is 0 Å². The Bertz CT molecular complexity index is 572. The second kappa shape index (κ2) is 6.17. The Morgan fingerprint density at radius 1 is 1.26 bits per heavy atom. The van der Waals surface area contributed by atoms with E-state index in [4.69, 9.17) is 5.73 Å². The van der Waals surface area contributed by atoms with Crippen LogP contribution in [-0.2, 0) is 0 Å². The summed E-state index contributed by atoms with van der Waals surface area (Å²) in [6, 6.07) is 13.1. The number of anilines is 1. The molecule has 0 aromatic heterocycles. The molecule has 2 rings (SSSR count). The Morgan fingerprint density at radius 3 is 2.68 bits per heavy atom. The first-order chi connectivity index (χ1) is 9.10. The Labute approximate surface area is 121 Å². The second-order valence-corrected chi connectivity index (χ2v) is 5.33. The van der Waals surface area contributed by atoms with Gasteiger partial charge in [0.05, 0.1) is 10.5 Å². The normalized spacial score (nSPS) is 12.2. The molecule has 1 atom stereocenters. The topological polar surface area (TPSA) is 38.0 Å². The largest absolute Gasteiger partial charge is 0.377 e. The summed E-state index contributed by atoms with van der Waals surface area (Å²) in [5.74, 6) is -0.273. The van der Waals surface area contributed by atoms with Gasteiger partial charge in [-0.25, -0.2) is 4.39 Å². The van der Waals surface area contributed by atoms with Crippen molar-refractivity contribution in [2.24, 2.45) is 5.73 Å². The van der Waals surface area contributed by atoms with Gasteiger partial charge in [0.25, 0.3) is 0 Å². The third kappa shape index (κ3) is 3.55. The van der Waals surface area contributed by atoms with Crippen molar-refractivity contribution >= 4 is 21.6 Å². The first-order valence-corrected chi connectivity index (χ1v) is 6.87. The van der Waals surface area contributed by atoms with Crippen molar-refractivity contribution in [1.82, 2.24) is 0 Å². The summed E-state index contributed by atoms with van der Waals surface area (Å²) >= 11 is 3.18. The maximum Gasteiger partial charge on any atom is 0.137 e. The molecular formula is C15H16BrFN2. The summed E-state index contributed by atoms with van der Waals surface area (Å²) in [5.41, 5.74) is 8.98. The molecule has 0 spiro atoms. The molecule has 3 N–H and O–H groups in total. The van der Waals surface area contributed by atoms with Crippen LogP contribution in [0.4, 0.5) is 10.1 Å². The van der Waals surface area contributed by atoms with E-state index in [1.807, 2.05) is 25.1 Å². The smallest absolute Gasteiger partial charge is 0.137 e. The van der Waals surface area contributed by atoms with Crippen LogP contribution in [0.15, 0.2) is 46.9 Å². The number of benzene rings is 2. The quantitative estimate of drug-likeness (QED) is 0.892. The summed E-state index contributed by atoms with van der Waals surface area (Å²) in [5, 5.41) is 3.32. The third-order valence-corrected chi connectivity index (χ3v) is 3.55. The van der Waals surface area contributed by atoms with Gasteiger partial charge in [0.2, 0.25) is 0 Å². The number of hydrogen-bond acceptors (Lipinski definition) is 2. The molecule has 0 bridgehead atoms. The standard InChI is InChI=1S/C15H16BrFN2/c1-10-3-2-4-11(7-10)15(9-18)19-12-5-6-14(17)13(16)8-12/h2-8,15,19H,9,18H2,1H3.